The zero-order valence-corrected chi connectivity index (χ0v) is 11.8. The molecule has 0 aliphatic rings. The maximum absolute atomic E-state index is 12.9. The topological polar surface area (TPSA) is 42.0 Å². The second kappa shape index (κ2) is 6.12. The third-order valence-corrected chi connectivity index (χ3v) is 3.68. The lowest BCUT2D eigenvalue weighted by atomic mass is 10.2. The Morgan fingerprint density at radius 3 is 2.95 bits per heavy atom. The van der Waals surface area contributed by atoms with Gasteiger partial charge in [-0.15, -0.1) is 22.9 Å². The molecule has 0 saturated carbocycles. The number of halogens is 2. The Kier molecular flexibility index (Phi) is 4.50. The van der Waals surface area contributed by atoms with Gasteiger partial charge in [-0.25, -0.2) is 9.37 Å². The summed E-state index contributed by atoms with van der Waals surface area (Å²) in [5.74, 6) is -0.151. The van der Waals surface area contributed by atoms with Crippen molar-refractivity contribution in [3.8, 4) is 0 Å². The Morgan fingerprint density at radius 1 is 1.53 bits per heavy atom. The molecule has 0 aliphatic carbocycles. The zero-order valence-electron chi connectivity index (χ0n) is 10.2. The molecule has 0 unspecified atom stereocenters. The summed E-state index contributed by atoms with van der Waals surface area (Å²) in [6.45, 7) is 1.74. The van der Waals surface area contributed by atoms with Gasteiger partial charge >= 0.3 is 0 Å². The fraction of sp³-hybridized carbons (Fsp3) is 0.231. The van der Waals surface area contributed by atoms with Crippen LogP contribution < -0.4 is 5.32 Å². The van der Waals surface area contributed by atoms with Crippen molar-refractivity contribution in [3.05, 3.63) is 45.7 Å². The Bertz CT molecular complexity index is 600. The highest BCUT2D eigenvalue weighted by atomic mass is 35.5. The van der Waals surface area contributed by atoms with E-state index in [-0.39, 0.29) is 18.1 Å². The number of rotatable bonds is 4. The van der Waals surface area contributed by atoms with Crippen molar-refractivity contribution in [2.24, 2.45) is 0 Å². The highest BCUT2D eigenvalue weighted by molar-refractivity contribution is 7.09. The number of hydrogen-bond acceptors (Lipinski definition) is 3. The molecule has 0 aliphatic heterocycles. The molecule has 6 heteroatoms. The van der Waals surface area contributed by atoms with Crippen LogP contribution >= 0.6 is 22.9 Å². The van der Waals surface area contributed by atoms with Crippen LogP contribution in [0.3, 0.4) is 0 Å². The van der Waals surface area contributed by atoms with Crippen molar-refractivity contribution < 1.29 is 9.18 Å². The van der Waals surface area contributed by atoms with E-state index in [4.69, 9.17) is 11.6 Å². The van der Waals surface area contributed by atoms with Gasteiger partial charge in [0.05, 0.1) is 18.0 Å². The van der Waals surface area contributed by atoms with E-state index in [0.717, 1.165) is 5.69 Å². The van der Waals surface area contributed by atoms with Gasteiger partial charge in [-0.2, -0.15) is 0 Å². The summed E-state index contributed by atoms with van der Waals surface area (Å²) in [5, 5.41) is 5.29. The molecule has 100 valence electrons. The number of carbonyl (C=O) groups is 1. The number of thiazole rings is 1. The van der Waals surface area contributed by atoms with Gasteiger partial charge in [-0.1, -0.05) is 0 Å². The number of carbonyl (C=O) groups excluding carboxylic acids is 1. The molecule has 1 amide bonds. The smallest absolute Gasteiger partial charge is 0.231 e. The molecule has 1 aromatic carbocycles. The number of aryl methyl sites for hydroxylation is 1. The quantitative estimate of drug-likeness (QED) is 0.878. The van der Waals surface area contributed by atoms with E-state index in [2.05, 4.69) is 10.3 Å². The van der Waals surface area contributed by atoms with Crippen molar-refractivity contribution in [1.29, 1.82) is 0 Å². The summed E-state index contributed by atoms with van der Waals surface area (Å²) in [7, 11) is 0. The lowest BCUT2D eigenvalue weighted by Crippen LogP contribution is -2.15. The van der Waals surface area contributed by atoms with Gasteiger partial charge in [0.25, 0.3) is 0 Å². The average molecular weight is 299 g/mol. The minimum Gasteiger partial charge on any atom is -0.325 e. The van der Waals surface area contributed by atoms with E-state index in [1.807, 2.05) is 5.38 Å². The minimum atomic E-state index is -0.317. The zero-order chi connectivity index (χ0) is 13.8. The molecule has 0 atom stereocenters. The summed E-state index contributed by atoms with van der Waals surface area (Å²) >= 11 is 7.05. The molecule has 0 spiro atoms. The third kappa shape index (κ3) is 3.75. The number of hydrogen-bond donors (Lipinski definition) is 1. The monoisotopic (exact) mass is 298 g/mol. The molecular formula is C13H12ClFN2OS. The van der Waals surface area contributed by atoms with Crippen LogP contribution in [0.5, 0.6) is 0 Å². The van der Waals surface area contributed by atoms with E-state index in [0.29, 0.717) is 22.1 Å². The molecule has 3 nitrogen and oxygen atoms in total. The maximum Gasteiger partial charge on any atom is 0.231 e. The molecule has 1 aromatic heterocycles. The number of alkyl halides is 1. The fourth-order valence-electron chi connectivity index (χ4n) is 1.59. The summed E-state index contributed by atoms with van der Waals surface area (Å²) in [6.07, 6.45) is 0.193. The van der Waals surface area contributed by atoms with Gasteiger partial charge < -0.3 is 5.32 Å². The van der Waals surface area contributed by atoms with Gasteiger partial charge in [0, 0.05) is 11.1 Å². The van der Waals surface area contributed by atoms with Crippen LogP contribution in [-0.4, -0.2) is 10.9 Å². The Hall–Kier alpha value is -1.46. The summed E-state index contributed by atoms with van der Waals surface area (Å²) in [4.78, 5) is 16.1. The number of amides is 1. The lowest BCUT2D eigenvalue weighted by molar-refractivity contribution is -0.115. The molecule has 0 radical (unpaired) electrons. The summed E-state index contributed by atoms with van der Waals surface area (Å²) < 4.78 is 12.9. The second-order valence-electron chi connectivity index (χ2n) is 4.05. The lowest BCUT2D eigenvalue weighted by Gasteiger charge is -2.07. The van der Waals surface area contributed by atoms with Gasteiger partial charge in [0.2, 0.25) is 5.91 Å². The van der Waals surface area contributed by atoms with Crippen LogP contribution in [-0.2, 0) is 17.1 Å². The molecule has 0 fully saturated rings. The van der Waals surface area contributed by atoms with E-state index in [1.54, 1.807) is 13.0 Å². The summed E-state index contributed by atoms with van der Waals surface area (Å²) in [5.41, 5.74) is 2.07. The van der Waals surface area contributed by atoms with Gasteiger partial charge in [0.1, 0.15) is 10.8 Å². The van der Waals surface area contributed by atoms with Crippen molar-refractivity contribution in [1.82, 2.24) is 4.98 Å². The van der Waals surface area contributed by atoms with Crippen LogP contribution in [0.4, 0.5) is 10.1 Å². The predicted molar refractivity (Wildman–Crippen MR) is 75.1 cm³/mol. The first kappa shape index (κ1) is 14.0. The molecule has 1 N–H and O–H groups in total. The first-order valence-corrected chi connectivity index (χ1v) is 7.05. The number of nitrogens with zero attached hydrogens (tertiary/aromatic N) is 1. The Balaban J connectivity index is 2.01. The molecule has 1 heterocycles. The molecule has 2 aromatic rings. The van der Waals surface area contributed by atoms with Crippen LogP contribution in [0.25, 0.3) is 0 Å². The van der Waals surface area contributed by atoms with Gasteiger partial charge in [-0.3, -0.25) is 4.79 Å². The Morgan fingerprint density at radius 2 is 2.32 bits per heavy atom. The van der Waals surface area contributed by atoms with Crippen molar-refractivity contribution in [2.75, 3.05) is 5.32 Å². The Labute approximate surface area is 119 Å². The van der Waals surface area contributed by atoms with Crippen molar-refractivity contribution in [3.63, 3.8) is 0 Å². The predicted octanol–water partition coefficient (Wildman–Crippen LogP) is 3.51. The van der Waals surface area contributed by atoms with Crippen molar-refractivity contribution >= 4 is 34.5 Å². The van der Waals surface area contributed by atoms with Crippen LogP contribution in [0.2, 0.25) is 0 Å². The van der Waals surface area contributed by atoms with E-state index in [1.165, 1.54) is 23.5 Å². The standard InChI is InChI=1S/C13H12ClFN2OS/c1-8-4-9(15)2-3-11(8)17-12(18)5-13-16-10(6-14)7-19-13/h2-4,7H,5-6H2,1H3,(H,17,18). The molecule has 2 rings (SSSR count). The largest absolute Gasteiger partial charge is 0.325 e. The van der Waals surface area contributed by atoms with Crippen molar-refractivity contribution in [2.45, 2.75) is 19.2 Å². The molecular weight excluding hydrogens is 287 g/mol. The fourth-order valence-corrected chi connectivity index (χ4v) is 2.61. The van der Waals surface area contributed by atoms with Crippen LogP contribution in [0.1, 0.15) is 16.3 Å². The van der Waals surface area contributed by atoms with Gasteiger partial charge in [0.15, 0.2) is 0 Å². The van der Waals surface area contributed by atoms with Gasteiger partial charge in [-0.05, 0) is 30.7 Å². The maximum atomic E-state index is 12.9. The van der Waals surface area contributed by atoms with E-state index in [9.17, 15) is 9.18 Å². The average Bonchev–Trinajstić information content (AvgIpc) is 2.80. The first-order valence-electron chi connectivity index (χ1n) is 5.63. The first-order chi connectivity index (χ1) is 9.08. The number of nitrogens with one attached hydrogen (secondary N) is 1. The molecule has 0 bridgehead atoms. The molecule has 0 saturated heterocycles. The highest BCUT2D eigenvalue weighted by Crippen LogP contribution is 2.17. The number of benzene rings is 1. The highest BCUT2D eigenvalue weighted by Gasteiger charge is 2.09. The normalized spacial score (nSPS) is 10.5. The van der Waals surface area contributed by atoms with E-state index < -0.39 is 0 Å². The number of anilines is 1. The van der Waals surface area contributed by atoms with E-state index >= 15 is 0 Å². The minimum absolute atomic E-state index is 0.176. The summed E-state index contributed by atoms with van der Waals surface area (Å²) in [6, 6.07) is 4.25. The second-order valence-corrected chi connectivity index (χ2v) is 5.26. The van der Waals surface area contributed by atoms with Crippen LogP contribution in [0.15, 0.2) is 23.6 Å². The third-order valence-electron chi connectivity index (χ3n) is 2.51. The molecule has 19 heavy (non-hydrogen) atoms. The number of aromatic nitrogens is 1. The van der Waals surface area contributed by atoms with Crippen LogP contribution in [0, 0.1) is 12.7 Å². The SMILES string of the molecule is Cc1cc(F)ccc1NC(=O)Cc1nc(CCl)cs1.